The molecule has 0 saturated carbocycles. The van der Waals surface area contributed by atoms with E-state index in [0.717, 1.165) is 34.5 Å². The average molecular weight is 385 g/mol. The number of rotatable bonds is 3. The van der Waals surface area contributed by atoms with Crippen molar-refractivity contribution in [1.29, 1.82) is 0 Å². The summed E-state index contributed by atoms with van der Waals surface area (Å²) in [5.74, 6) is 1.26. The molecule has 0 spiro atoms. The maximum atomic E-state index is 13.0. The Labute approximate surface area is 160 Å². The second kappa shape index (κ2) is 6.78. The molecule has 1 heterocycles. The number of alkyl halides is 3. The Morgan fingerprint density at radius 3 is 2.21 bits per heavy atom. The number of methoxy groups -OCH3 is 2. The first-order chi connectivity index (χ1) is 13.4. The first-order valence-corrected chi connectivity index (χ1v) is 8.71. The van der Waals surface area contributed by atoms with Crippen molar-refractivity contribution in [2.45, 2.75) is 12.2 Å². The van der Waals surface area contributed by atoms with E-state index in [1.807, 2.05) is 30.3 Å². The van der Waals surface area contributed by atoms with Crippen LogP contribution in [0.3, 0.4) is 0 Å². The molecule has 4 rings (SSSR count). The molecule has 1 N–H and O–H groups in total. The van der Waals surface area contributed by atoms with Crippen molar-refractivity contribution in [1.82, 2.24) is 0 Å². The van der Waals surface area contributed by atoms with Gasteiger partial charge in [0.25, 0.3) is 0 Å². The van der Waals surface area contributed by atoms with E-state index in [2.05, 4.69) is 5.32 Å². The summed E-state index contributed by atoms with van der Waals surface area (Å²) in [5, 5.41) is 3.44. The largest absolute Gasteiger partial charge is 0.497 e. The average Bonchev–Trinajstić information content (AvgIpc) is 2.71. The minimum Gasteiger partial charge on any atom is -0.497 e. The van der Waals surface area contributed by atoms with Crippen LogP contribution >= 0.6 is 0 Å². The monoisotopic (exact) mass is 385 g/mol. The van der Waals surface area contributed by atoms with Crippen molar-refractivity contribution in [2.75, 3.05) is 19.5 Å². The topological polar surface area (TPSA) is 30.5 Å². The van der Waals surface area contributed by atoms with E-state index in [-0.39, 0.29) is 6.04 Å². The zero-order chi connectivity index (χ0) is 19.9. The molecular weight excluding hydrogens is 367 g/mol. The third kappa shape index (κ3) is 3.05. The molecule has 0 fully saturated rings. The Morgan fingerprint density at radius 1 is 0.857 bits per heavy atom. The minimum absolute atomic E-state index is 0.354. The fourth-order valence-corrected chi connectivity index (χ4v) is 3.59. The van der Waals surface area contributed by atoms with E-state index < -0.39 is 11.7 Å². The molecule has 3 aromatic rings. The van der Waals surface area contributed by atoms with E-state index in [1.54, 1.807) is 20.3 Å². The highest BCUT2D eigenvalue weighted by Gasteiger charge is 2.32. The van der Waals surface area contributed by atoms with Gasteiger partial charge in [0.05, 0.1) is 25.8 Å². The fourth-order valence-electron chi connectivity index (χ4n) is 3.59. The molecule has 3 nitrogen and oxygen atoms in total. The Hall–Kier alpha value is -3.15. The van der Waals surface area contributed by atoms with Crippen molar-refractivity contribution < 1.29 is 22.6 Å². The fraction of sp³-hybridized carbons (Fsp3) is 0.182. The number of ether oxygens (including phenoxy) is 2. The Kier molecular flexibility index (Phi) is 4.41. The van der Waals surface area contributed by atoms with Gasteiger partial charge >= 0.3 is 6.18 Å². The van der Waals surface area contributed by atoms with Gasteiger partial charge in [-0.2, -0.15) is 13.2 Å². The van der Waals surface area contributed by atoms with Crippen LogP contribution in [0.4, 0.5) is 18.9 Å². The highest BCUT2D eigenvalue weighted by molar-refractivity contribution is 5.87. The second-order valence-electron chi connectivity index (χ2n) is 6.53. The summed E-state index contributed by atoms with van der Waals surface area (Å²) in [7, 11) is 3.15. The molecule has 0 aliphatic carbocycles. The van der Waals surface area contributed by atoms with Crippen LogP contribution in [0.2, 0.25) is 0 Å². The summed E-state index contributed by atoms with van der Waals surface area (Å²) < 4.78 is 49.9. The summed E-state index contributed by atoms with van der Waals surface area (Å²) in [4.78, 5) is 0. The number of benzene rings is 3. The van der Waals surface area contributed by atoms with Gasteiger partial charge in [-0.25, -0.2) is 0 Å². The summed E-state index contributed by atoms with van der Waals surface area (Å²) >= 11 is 0. The van der Waals surface area contributed by atoms with Crippen molar-refractivity contribution >= 4 is 5.69 Å². The van der Waals surface area contributed by atoms with Crippen LogP contribution in [-0.4, -0.2) is 14.2 Å². The van der Waals surface area contributed by atoms with E-state index >= 15 is 0 Å². The van der Waals surface area contributed by atoms with E-state index in [0.29, 0.717) is 17.1 Å². The zero-order valence-electron chi connectivity index (χ0n) is 15.3. The van der Waals surface area contributed by atoms with Crippen LogP contribution in [0, 0.1) is 0 Å². The number of para-hydroxylation sites is 1. The van der Waals surface area contributed by atoms with Gasteiger partial charge in [0.2, 0.25) is 0 Å². The van der Waals surface area contributed by atoms with Crippen molar-refractivity contribution in [3.63, 3.8) is 0 Å². The molecule has 1 atom stereocenters. The molecule has 0 radical (unpaired) electrons. The number of nitrogens with one attached hydrogen (secondary N) is 1. The molecule has 1 aliphatic rings. The van der Waals surface area contributed by atoms with Gasteiger partial charge in [0.1, 0.15) is 11.5 Å². The van der Waals surface area contributed by atoms with Gasteiger partial charge in [0, 0.05) is 22.9 Å². The molecule has 0 amide bonds. The van der Waals surface area contributed by atoms with Gasteiger partial charge in [0.15, 0.2) is 0 Å². The lowest BCUT2D eigenvalue weighted by Crippen LogP contribution is -2.19. The van der Waals surface area contributed by atoms with Crippen LogP contribution in [0.1, 0.15) is 22.7 Å². The molecule has 0 saturated heterocycles. The van der Waals surface area contributed by atoms with Crippen LogP contribution in [0.15, 0.2) is 60.7 Å². The van der Waals surface area contributed by atoms with Crippen molar-refractivity contribution in [2.24, 2.45) is 0 Å². The molecule has 0 bridgehead atoms. The standard InChI is InChI=1S/C22H18F3NO2/c1-27-15-11-17-16-5-3-4-6-18(16)26-21(20(17)19(12-15)28-2)13-7-9-14(10-8-13)22(23,24)25/h3-12,21,26H,1-2H3/t21-/m0/s1. The maximum Gasteiger partial charge on any atom is 0.416 e. The van der Waals surface area contributed by atoms with E-state index in [4.69, 9.17) is 9.47 Å². The van der Waals surface area contributed by atoms with Gasteiger partial charge in [-0.05, 0) is 35.4 Å². The van der Waals surface area contributed by atoms with Gasteiger partial charge < -0.3 is 14.8 Å². The minimum atomic E-state index is -4.37. The van der Waals surface area contributed by atoms with Crippen LogP contribution in [-0.2, 0) is 6.18 Å². The summed E-state index contributed by atoms with van der Waals surface area (Å²) in [5.41, 5.74) is 3.71. The predicted octanol–water partition coefficient (Wildman–Crippen LogP) is 5.90. The van der Waals surface area contributed by atoms with Gasteiger partial charge in [-0.1, -0.05) is 30.3 Å². The van der Waals surface area contributed by atoms with E-state index in [1.165, 1.54) is 12.1 Å². The Morgan fingerprint density at radius 2 is 1.57 bits per heavy atom. The number of halogens is 3. The highest BCUT2D eigenvalue weighted by atomic mass is 19.4. The first kappa shape index (κ1) is 18.2. The SMILES string of the molecule is COc1cc(OC)c2c(c1)-c1ccccc1N[C@H]2c1ccc(C(F)(F)F)cc1. The molecule has 144 valence electrons. The van der Waals surface area contributed by atoms with Crippen LogP contribution in [0.25, 0.3) is 11.1 Å². The highest BCUT2D eigenvalue weighted by Crippen LogP contribution is 2.48. The lowest BCUT2D eigenvalue weighted by atomic mass is 9.85. The summed E-state index contributed by atoms with van der Waals surface area (Å²) in [6.45, 7) is 0. The molecule has 0 aromatic heterocycles. The molecule has 3 aromatic carbocycles. The Bertz CT molecular complexity index is 1010. The number of fused-ring (bicyclic) bond motifs is 3. The van der Waals surface area contributed by atoms with Gasteiger partial charge in [-0.3, -0.25) is 0 Å². The van der Waals surface area contributed by atoms with Gasteiger partial charge in [-0.15, -0.1) is 0 Å². The normalized spacial score (nSPS) is 15.2. The quantitative estimate of drug-likeness (QED) is 0.608. The third-order valence-corrected chi connectivity index (χ3v) is 4.95. The number of hydrogen-bond acceptors (Lipinski definition) is 3. The summed E-state index contributed by atoms with van der Waals surface area (Å²) in [6, 6.07) is 16.4. The van der Waals surface area contributed by atoms with Crippen LogP contribution in [0.5, 0.6) is 11.5 Å². The third-order valence-electron chi connectivity index (χ3n) is 4.95. The smallest absolute Gasteiger partial charge is 0.416 e. The molecular formula is C22H18F3NO2. The molecule has 28 heavy (non-hydrogen) atoms. The Balaban J connectivity index is 1.90. The lowest BCUT2D eigenvalue weighted by Gasteiger charge is -2.32. The van der Waals surface area contributed by atoms with Crippen molar-refractivity contribution in [3.8, 4) is 22.6 Å². The second-order valence-corrected chi connectivity index (χ2v) is 6.53. The molecule has 1 aliphatic heterocycles. The van der Waals surface area contributed by atoms with Crippen molar-refractivity contribution in [3.05, 3.63) is 77.4 Å². The summed E-state index contributed by atoms with van der Waals surface area (Å²) in [6.07, 6.45) is -4.37. The van der Waals surface area contributed by atoms with E-state index in [9.17, 15) is 13.2 Å². The number of anilines is 1. The zero-order valence-corrected chi connectivity index (χ0v) is 15.3. The molecule has 0 unspecified atom stereocenters. The van der Waals surface area contributed by atoms with Crippen LogP contribution < -0.4 is 14.8 Å². The number of hydrogen-bond donors (Lipinski definition) is 1. The maximum absolute atomic E-state index is 13.0. The molecule has 6 heteroatoms. The first-order valence-electron chi connectivity index (χ1n) is 8.71. The predicted molar refractivity (Wildman–Crippen MR) is 102 cm³/mol. The lowest BCUT2D eigenvalue weighted by molar-refractivity contribution is -0.137.